The second-order valence-corrected chi connectivity index (χ2v) is 3.16. The van der Waals surface area contributed by atoms with Gasteiger partial charge < -0.3 is 15.2 Å². The average Bonchev–Trinajstić information content (AvgIpc) is 2.16. The lowest BCUT2D eigenvalue weighted by Gasteiger charge is -2.15. The van der Waals surface area contributed by atoms with E-state index in [0.717, 1.165) is 32.5 Å². The number of hydrogen-bond donors (Lipinski definition) is 1. The van der Waals surface area contributed by atoms with E-state index in [2.05, 4.69) is 13.8 Å². The van der Waals surface area contributed by atoms with Crippen molar-refractivity contribution in [3.63, 3.8) is 0 Å². The third kappa shape index (κ3) is 8.22. The van der Waals surface area contributed by atoms with E-state index in [4.69, 9.17) is 15.2 Å². The van der Waals surface area contributed by atoms with Crippen molar-refractivity contribution in [3.05, 3.63) is 0 Å². The molecular weight excluding hydrogens is 166 g/mol. The largest absolute Gasteiger partial charge is 0.379 e. The summed E-state index contributed by atoms with van der Waals surface area (Å²) in [5.74, 6) is 0. The molecule has 0 aliphatic carbocycles. The molecule has 0 aliphatic heterocycles. The molecule has 1 unspecified atom stereocenters. The first-order valence-electron chi connectivity index (χ1n) is 5.24. The molecule has 0 aromatic rings. The predicted molar refractivity (Wildman–Crippen MR) is 54.8 cm³/mol. The first-order chi connectivity index (χ1) is 6.35. The average molecular weight is 189 g/mol. The van der Waals surface area contributed by atoms with Gasteiger partial charge in [-0.2, -0.15) is 0 Å². The zero-order valence-electron chi connectivity index (χ0n) is 8.92. The molecule has 0 spiro atoms. The molecule has 3 heteroatoms. The third-order valence-electron chi connectivity index (χ3n) is 1.77. The van der Waals surface area contributed by atoms with Crippen LogP contribution in [0.5, 0.6) is 0 Å². The maximum Gasteiger partial charge on any atom is 0.0930 e. The van der Waals surface area contributed by atoms with Gasteiger partial charge >= 0.3 is 0 Å². The van der Waals surface area contributed by atoms with Crippen LogP contribution < -0.4 is 5.73 Å². The van der Waals surface area contributed by atoms with Crippen molar-refractivity contribution in [3.8, 4) is 0 Å². The summed E-state index contributed by atoms with van der Waals surface area (Å²) in [5.41, 5.74) is 5.53. The molecule has 0 aromatic carbocycles. The van der Waals surface area contributed by atoms with Crippen LogP contribution in [0.15, 0.2) is 0 Å². The zero-order chi connectivity index (χ0) is 9.94. The molecule has 13 heavy (non-hydrogen) atoms. The van der Waals surface area contributed by atoms with E-state index in [-0.39, 0.29) is 6.10 Å². The summed E-state index contributed by atoms with van der Waals surface area (Å²) in [6.07, 6.45) is 3.39. The highest BCUT2D eigenvalue weighted by Gasteiger charge is 2.05. The summed E-state index contributed by atoms with van der Waals surface area (Å²) in [6.45, 7) is 7.02. The molecule has 0 fully saturated rings. The van der Waals surface area contributed by atoms with Crippen LogP contribution in [0.25, 0.3) is 0 Å². The smallest absolute Gasteiger partial charge is 0.0930 e. The van der Waals surface area contributed by atoms with Gasteiger partial charge in [0.25, 0.3) is 0 Å². The lowest BCUT2D eigenvalue weighted by Crippen LogP contribution is -2.29. The van der Waals surface area contributed by atoms with Crippen LogP contribution in [0.4, 0.5) is 0 Å². The summed E-state index contributed by atoms with van der Waals surface area (Å²) in [4.78, 5) is 0. The van der Waals surface area contributed by atoms with Crippen LogP contribution in [-0.2, 0) is 9.47 Å². The Morgan fingerprint density at radius 1 is 1.15 bits per heavy atom. The summed E-state index contributed by atoms with van der Waals surface area (Å²) < 4.78 is 10.9. The summed E-state index contributed by atoms with van der Waals surface area (Å²) in [5, 5.41) is 0. The Morgan fingerprint density at radius 2 is 1.92 bits per heavy atom. The summed E-state index contributed by atoms with van der Waals surface area (Å²) >= 11 is 0. The van der Waals surface area contributed by atoms with Gasteiger partial charge in [0.2, 0.25) is 0 Å². The van der Waals surface area contributed by atoms with Crippen LogP contribution in [-0.4, -0.2) is 32.5 Å². The van der Waals surface area contributed by atoms with Gasteiger partial charge in [0.05, 0.1) is 12.7 Å². The SMILES string of the molecule is CCCCOC(CN)COCCC. The van der Waals surface area contributed by atoms with Crippen molar-refractivity contribution in [2.24, 2.45) is 5.73 Å². The molecule has 1 atom stereocenters. The van der Waals surface area contributed by atoms with E-state index in [1.165, 1.54) is 0 Å². The van der Waals surface area contributed by atoms with Crippen molar-refractivity contribution in [2.45, 2.75) is 39.2 Å². The molecule has 0 bridgehead atoms. The van der Waals surface area contributed by atoms with Gasteiger partial charge in [-0.05, 0) is 12.8 Å². The van der Waals surface area contributed by atoms with E-state index in [1.807, 2.05) is 0 Å². The van der Waals surface area contributed by atoms with Gasteiger partial charge in [-0.1, -0.05) is 20.3 Å². The monoisotopic (exact) mass is 189 g/mol. The highest BCUT2D eigenvalue weighted by Crippen LogP contribution is 1.96. The molecule has 2 N–H and O–H groups in total. The normalized spacial score (nSPS) is 13.2. The number of hydrogen-bond acceptors (Lipinski definition) is 3. The Hall–Kier alpha value is -0.120. The minimum absolute atomic E-state index is 0.0816. The topological polar surface area (TPSA) is 44.5 Å². The Morgan fingerprint density at radius 3 is 2.46 bits per heavy atom. The molecular formula is C10H23NO2. The minimum atomic E-state index is 0.0816. The molecule has 0 aliphatic rings. The maximum atomic E-state index is 5.53. The summed E-state index contributed by atoms with van der Waals surface area (Å²) in [6, 6.07) is 0. The van der Waals surface area contributed by atoms with Crippen LogP contribution in [0.2, 0.25) is 0 Å². The Bertz CT molecular complexity index is 88.9. The van der Waals surface area contributed by atoms with E-state index < -0.39 is 0 Å². The number of rotatable bonds is 9. The van der Waals surface area contributed by atoms with Crippen molar-refractivity contribution < 1.29 is 9.47 Å². The third-order valence-corrected chi connectivity index (χ3v) is 1.77. The Balaban J connectivity index is 3.28. The van der Waals surface area contributed by atoms with Crippen molar-refractivity contribution >= 4 is 0 Å². The number of nitrogens with two attached hydrogens (primary N) is 1. The first kappa shape index (κ1) is 12.9. The highest BCUT2D eigenvalue weighted by atomic mass is 16.5. The van der Waals surface area contributed by atoms with Crippen molar-refractivity contribution in [2.75, 3.05) is 26.4 Å². The van der Waals surface area contributed by atoms with Crippen LogP contribution in [0.3, 0.4) is 0 Å². The van der Waals surface area contributed by atoms with Gasteiger partial charge in [-0.15, -0.1) is 0 Å². The van der Waals surface area contributed by atoms with Gasteiger partial charge in [0, 0.05) is 19.8 Å². The standard InChI is InChI=1S/C10H23NO2/c1-3-5-7-13-10(8-11)9-12-6-4-2/h10H,3-9,11H2,1-2H3. The lowest BCUT2D eigenvalue weighted by atomic mass is 10.3. The fourth-order valence-electron chi connectivity index (χ4n) is 0.938. The minimum Gasteiger partial charge on any atom is -0.379 e. The van der Waals surface area contributed by atoms with E-state index in [0.29, 0.717) is 13.2 Å². The van der Waals surface area contributed by atoms with Gasteiger partial charge in [0.15, 0.2) is 0 Å². The highest BCUT2D eigenvalue weighted by molar-refractivity contribution is 4.56. The van der Waals surface area contributed by atoms with Crippen LogP contribution in [0.1, 0.15) is 33.1 Å². The Labute approximate surface area is 81.6 Å². The van der Waals surface area contributed by atoms with Gasteiger partial charge in [-0.25, -0.2) is 0 Å². The van der Waals surface area contributed by atoms with Crippen molar-refractivity contribution in [1.29, 1.82) is 0 Å². The molecule has 0 saturated carbocycles. The first-order valence-corrected chi connectivity index (χ1v) is 5.24. The van der Waals surface area contributed by atoms with E-state index in [1.54, 1.807) is 0 Å². The zero-order valence-corrected chi connectivity index (χ0v) is 8.92. The maximum absolute atomic E-state index is 5.53. The van der Waals surface area contributed by atoms with E-state index in [9.17, 15) is 0 Å². The molecule has 0 amide bonds. The molecule has 0 aromatic heterocycles. The van der Waals surface area contributed by atoms with Crippen LogP contribution >= 0.6 is 0 Å². The van der Waals surface area contributed by atoms with Gasteiger partial charge in [-0.3, -0.25) is 0 Å². The second-order valence-electron chi connectivity index (χ2n) is 3.16. The summed E-state index contributed by atoms with van der Waals surface area (Å²) in [7, 11) is 0. The second kappa shape index (κ2) is 9.96. The van der Waals surface area contributed by atoms with Crippen molar-refractivity contribution in [1.82, 2.24) is 0 Å². The van der Waals surface area contributed by atoms with Crippen LogP contribution in [0, 0.1) is 0 Å². The number of unbranched alkanes of at least 4 members (excludes halogenated alkanes) is 1. The van der Waals surface area contributed by atoms with Gasteiger partial charge in [0.1, 0.15) is 0 Å². The molecule has 3 nitrogen and oxygen atoms in total. The molecule has 0 heterocycles. The van der Waals surface area contributed by atoms with E-state index >= 15 is 0 Å². The molecule has 0 saturated heterocycles. The predicted octanol–water partition coefficient (Wildman–Crippen LogP) is 1.56. The lowest BCUT2D eigenvalue weighted by molar-refractivity contribution is -0.0122. The fourth-order valence-corrected chi connectivity index (χ4v) is 0.938. The molecule has 0 rings (SSSR count). The molecule has 0 radical (unpaired) electrons. The molecule has 80 valence electrons. The quantitative estimate of drug-likeness (QED) is 0.560. The number of ether oxygens (including phenoxy) is 2. The Kier molecular flexibility index (Phi) is 9.87. The fraction of sp³-hybridized carbons (Fsp3) is 1.00.